The van der Waals surface area contributed by atoms with E-state index in [-0.39, 0.29) is 5.56 Å². The van der Waals surface area contributed by atoms with Crippen LogP contribution in [0.5, 0.6) is 0 Å². The molecule has 2 fully saturated rings. The van der Waals surface area contributed by atoms with Crippen LogP contribution in [-0.4, -0.2) is 32.4 Å². The summed E-state index contributed by atoms with van der Waals surface area (Å²) in [6.45, 7) is 0.809. The first-order valence-electron chi connectivity index (χ1n) is 7.32. The summed E-state index contributed by atoms with van der Waals surface area (Å²) in [5.74, 6) is 0.720. The predicted octanol–water partition coefficient (Wildman–Crippen LogP) is 1.32. The fourth-order valence-electron chi connectivity index (χ4n) is 3.50. The highest BCUT2D eigenvalue weighted by atomic mass is 32.1. The summed E-state index contributed by atoms with van der Waals surface area (Å²) < 4.78 is 6.59. The van der Waals surface area contributed by atoms with Gasteiger partial charge in [0.15, 0.2) is 0 Å². The Kier molecular flexibility index (Phi) is 4.21. The molecular formula is C14H19N3O3S. The standard InChI is InChI=1S/C14H19N3O3S/c18-13-11(16-21-17-13)4-2-8-1-3-9-7-15-12(14(19)20)6-10(9)5-8/h2,4,8-10,12,15H,1,3,5-7H2,(H,17,18)(H,19,20). The van der Waals surface area contributed by atoms with Crippen molar-refractivity contribution in [3.63, 3.8) is 0 Å². The lowest BCUT2D eigenvalue weighted by Crippen LogP contribution is -2.49. The Morgan fingerprint density at radius 2 is 2.19 bits per heavy atom. The first kappa shape index (κ1) is 14.5. The highest BCUT2D eigenvalue weighted by Gasteiger charge is 2.36. The number of aromatic amines is 1. The van der Waals surface area contributed by atoms with Crippen molar-refractivity contribution in [3.8, 4) is 0 Å². The van der Waals surface area contributed by atoms with Gasteiger partial charge in [0, 0.05) is 11.7 Å². The first-order chi connectivity index (χ1) is 10.1. The minimum absolute atomic E-state index is 0.141. The number of hydrogen-bond acceptors (Lipinski definition) is 5. The van der Waals surface area contributed by atoms with Gasteiger partial charge in [-0.2, -0.15) is 4.37 Å². The summed E-state index contributed by atoms with van der Waals surface area (Å²) in [6, 6.07) is -0.407. The fraction of sp³-hybridized carbons (Fsp3) is 0.643. The van der Waals surface area contributed by atoms with Crippen molar-refractivity contribution in [2.24, 2.45) is 17.8 Å². The number of carboxylic acid groups (broad SMARTS) is 1. The molecule has 7 heteroatoms. The number of H-pyrrole nitrogens is 1. The molecule has 1 saturated heterocycles. The van der Waals surface area contributed by atoms with Crippen LogP contribution in [0.2, 0.25) is 0 Å². The van der Waals surface area contributed by atoms with E-state index in [2.05, 4.69) is 20.1 Å². The molecule has 0 spiro atoms. The van der Waals surface area contributed by atoms with E-state index in [9.17, 15) is 9.59 Å². The van der Waals surface area contributed by atoms with Crippen molar-refractivity contribution in [1.29, 1.82) is 0 Å². The molecule has 3 N–H and O–H groups in total. The lowest BCUT2D eigenvalue weighted by Gasteiger charge is -2.41. The smallest absolute Gasteiger partial charge is 0.320 e. The Balaban J connectivity index is 1.62. The van der Waals surface area contributed by atoms with Crippen molar-refractivity contribution in [2.45, 2.75) is 31.7 Å². The number of carboxylic acids is 1. The van der Waals surface area contributed by atoms with E-state index in [1.165, 1.54) is 0 Å². The second kappa shape index (κ2) is 6.11. The number of rotatable bonds is 3. The lowest BCUT2D eigenvalue weighted by atomic mass is 9.69. The molecule has 3 rings (SSSR count). The van der Waals surface area contributed by atoms with Gasteiger partial charge in [-0.1, -0.05) is 6.08 Å². The van der Waals surface area contributed by atoms with E-state index >= 15 is 0 Å². The van der Waals surface area contributed by atoms with Gasteiger partial charge in [0.25, 0.3) is 5.56 Å². The Morgan fingerprint density at radius 3 is 2.90 bits per heavy atom. The van der Waals surface area contributed by atoms with Gasteiger partial charge in [-0.25, -0.2) is 0 Å². The summed E-state index contributed by atoms with van der Waals surface area (Å²) in [4.78, 5) is 22.5. The zero-order valence-electron chi connectivity index (χ0n) is 11.6. The Labute approximate surface area is 126 Å². The van der Waals surface area contributed by atoms with Gasteiger partial charge in [-0.15, -0.1) is 0 Å². The molecule has 4 unspecified atom stereocenters. The van der Waals surface area contributed by atoms with Crippen LogP contribution in [-0.2, 0) is 4.79 Å². The molecule has 2 aliphatic rings. The Bertz CT molecular complexity index is 594. The zero-order valence-corrected chi connectivity index (χ0v) is 12.4. The third-order valence-corrected chi connectivity index (χ3v) is 5.25. The molecule has 1 aromatic rings. The first-order valence-corrected chi connectivity index (χ1v) is 8.09. The number of carbonyl (C=O) groups is 1. The number of aromatic nitrogens is 2. The number of aliphatic carboxylic acids is 1. The summed E-state index contributed by atoms with van der Waals surface area (Å²) >= 11 is 1.06. The van der Waals surface area contributed by atoms with Gasteiger partial charge in [0.2, 0.25) is 0 Å². The number of fused-ring (bicyclic) bond motifs is 1. The van der Waals surface area contributed by atoms with Crippen LogP contribution in [0.3, 0.4) is 0 Å². The van der Waals surface area contributed by atoms with Gasteiger partial charge in [-0.05, 0) is 56.1 Å². The van der Waals surface area contributed by atoms with E-state index in [1.54, 1.807) is 6.08 Å². The molecule has 1 aliphatic heterocycles. The average Bonchev–Trinajstić information content (AvgIpc) is 2.89. The number of piperidine rings is 1. The van der Waals surface area contributed by atoms with Crippen molar-refractivity contribution in [1.82, 2.24) is 14.1 Å². The van der Waals surface area contributed by atoms with Gasteiger partial charge < -0.3 is 10.4 Å². The maximum absolute atomic E-state index is 11.4. The maximum Gasteiger partial charge on any atom is 0.320 e. The van der Waals surface area contributed by atoms with Gasteiger partial charge >= 0.3 is 5.97 Å². The average molecular weight is 309 g/mol. The van der Waals surface area contributed by atoms with Crippen LogP contribution in [0.15, 0.2) is 10.9 Å². The van der Waals surface area contributed by atoms with E-state index < -0.39 is 12.0 Å². The molecular weight excluding hydrogens is 290 g/mol. The molecule has 1 saturated carbocycles. The van der Waals surface area contributed by atoms with Crippen LogP contribution < -0.4 is 10.9 Å². The van der Waals surface area contributed by atoms with E-state index in [0.717, 1.165) is 37.5 Å². The van der Waals surface area contributed by atoms with E-state index in [1.807, 2.05) is 0 Å². The molecule has 0 amide bonds. The highest BCUT2D eigenvalue weighted by Crippen LogP contribution is 2.39. The van der Waals surface area contributed by atoms with E-state index in [0.29, 0.717) is 29.9 Å². The monoisotopic (exact) mass is 309 g/mol. The van der Waals surface area contributed by atoms with Crippen molar-refractivity contribution in [3.05, 3.63) is 22.1 Å². The number of hydrogen-bond donors (Lipinski definition) is 3. The van der Waals surface area contributed by atoms with E-state index in [4.69, 9.17) is 5.11 Å². The van der Waals surface area contributed by atoms with Gasteiger partial charge in [0.05, 0.1) is 0 Å². The molecule has 0 aromatic carbocycles. The molecule has 21 heavy (non-hydrogen) atoms. The Hall–Kier alpha value is -1.47. The van der Waals surface area contributed by atoms with Crippen LogP contribution in [0.4, 0.5) is 0 Å². The van der Waals surface area contributed by atoms with Crippen LogP contribution in [0, 0.1) is 17.8 Å². The predicted molar refractivity (Wildman–Crippen MR) is 80.1 cm³/mol. The van der Waals surface area contributed by atoms with Crippen LogP contribution >= 0.6 is 11.7 Å². The minimum Gasteiger partial charge on any atom is -0.480 e. The largest absolute Gasteiger partial charge is 0.480 e. The molecule has 1 aliphatic carbocycles. The maximum atomic E-state index is 11.4. The number of nitrogens with zero attached hydrogens (tertiary/aromatic N) is 1. The van der Waals surface area contributed by atoms with Gasteiger partial charge in [-0.3, -0.25) is 14.0 Å². The second-order valence-corrected chi connectivity index (χ2v) is 6.56. The zero-order chi connectivity index (χ0) is 14.8. The topological polar surface area (TPSA) is 95.1 Å². The summed E-state index contributed by atoms with van der Waals surface area (Å²) in [5, 5.41) is 12.3. The number of nitrogens with one attached hydrogen (secondary N) is 2. The summed E-state index contributed by atoms with van der Waals surface area (Å²) in [6.07, 6.45) is 7.80. The van der Waals surface area contributed by atoms with Crippen LogP contribution in [0.25, 0.3) is 6.08 Å². The van der Waals surface area contributed by atoms with Crippen molar-refractivity contribution in [2.75, 3.05) is 6.54 Å². The normalized spacial score (nSPS) is 33.0. The third kappa shape index (κ3) is 3.24. The minimum atomic E-state index is -0.750. The molecule has 6 nitrogen and oxygen atoms in total. The molecule has 1 aromatic heterocycles. The Morgan fingerprint density at radius 1 is 1.33 bits per heavy atom. The quantitative estimate of drug-likeness (QED) is 0.783. The molecule has 114 valence electrons. The fourth-order valence-corrected chi connectivity index (χ4v) is 3.98. The summed E-state index contributed by atoms with van der Waals surface area (Å²) in [7, 11) is 0. The molecule has 4 atom stereocenters. The molecule has 0 bridgehead atoms. The molecule has 0 radical (unpaired) electrons. The number of allylic oxidation sites excluding steroid dienone is 1. The SMILES string of the molecule is O=C(O)C1CC2CC(C=Cc3ns[nH]c3=O)CCC2CN1. The molecule has 2 heterocycles. The summed E-state index contributed by atoms with van der Waals surface area (Å²) in [5.41, 5.74) is 0.327. The lowest BCUT2D eigenvalue weighted by molar-refractivity contribution is -0.141. The second-order valence-electron chi connectivity index (χ2n) is 5.99. The van der Waals surface area contributed by atoms with Gasteiger partial charge in [0.1, 0.15) is 11.7 Å². The third-order valence-electron chi connectivity index (χ3n) is 4.68. The van der Waals surface area contributed by atoms with Crippen molar-refractivity contribution >= 4 is 23.8 Å². The van der Waals surface area contributed by atoms with Crippen LogP contribution in [0.1, 0.15) is 31.4 Å². The highest BCUT2D eigenvalue weighted by molar-refractivity contribution is 6.99. The van der Waals surface area contributed by atoms with Crippen molar-refractivity contribution < 1.29 is 9.90 Å².